The number of rotatable bonds is 1. The lowest BCUT2D eigenvalue weighted by Crippen LogP contribution is -1.80. The number of phenolic OH excluding ortho intramolecular Hbond substituents is 1. The number of nitrogens with one attached hydrogen (secondary N) is 1. The maximum atomic E-state index is 9.31. The van der Waals surface area contributed by atoms with Gasteiger partial charge in [-0.3, -0.25) is 5.10 Å². The summed E-state index contributed by atoms with van der Waals surface area (Å²) in [6.07, 6.45) is 3.55. The zero-order valence-corrected chi connectivity index (χ0v) is 7.28. The lowest BCUT2D eigenvalue weighted by atomic mass is 10.0. The Morgan fingerprint density at radius 2 is 2.23 bits per heavy atom. The van der Waals surface area contributed by atoms with Crippen molar-refractivity contribution in [3.05, 3.63) is 36.2 Å². The van der Waals surface area contributed by atoms with Crippen molar-refractivity contribution in [3.63, 3.8) is 0 Å². The molecule has 1 aromatic carbocycles. The van der Waals surface area contributed by atoms with Gasteiger partial charge in [0, 0.05) is 11.8 Å². The molecule has 0 unspecified atom stereocenters. The Bertz CT molecular complexity index is 407. The van der Waals surface area contributed by atoms with Crippen LogP contribution in [0.25, 0.3) is 11.1 Å². The van der Waals surface area contributed by atoms with Crippen LogP contribution in [0.15, 0.2) is 30.6 Å². The molecule has 0 amide bonds. The van der Waals surface area contributed by atoms with Crippen molar-refractivity contribution in [3.8, 4) is 16.9 Å². The molecule has 0 atom stereocenters. The first-order valence-electron chi connectivity index (χ1n) is 4.06. The molecule has 3 nitrogen and oxygen atoms in total. The Morgan fingerprint density at radius 3 is 2.92 bits per heavy atom. The lowest BCUT2D eigenvalue weighted by Gasteiger charge is -2.02. The standard InChI is InChI=1S/C10H10N2O/c1-7-2-3-9(13)4-10(7)8-5-11-12-6-8/h2-6,13H,1H3,(H,11,12). The highest BCUT2D eigenvalue weighted by Gasteiger charge is 2.03. The van der Waals surface area contributed by atoms with E-state index >= 15 is 0 Å². The van der Waals surface area contributed by atoms with Gasteiger partial charge < -0.3 is 5.11 Å². The molecule has 0 aliphatic rings. The summed E-state index contributed by atoms with van der Waals surface area (Å²) in [5.41, 5.74) is 3.13. The number of phenols is 1. The topological polar surface area (TPSA) is 48.9 Å². The summed E-state index contributed by atoms with van der Waals surface area (Å²) in [5, 5.41) is 15.9. The third-order valence-electron chi connectivity index (χ3n) is 2.03. The number of aromatic nitrogens is 2. The maximum absolute atomic E-state index is 9.31. The second kappa shape index (κ2) is 2.94. The van der Waals surface area contributed by atoms with Crippen LogP contribution in [0.4, 0.5) is 0 Å². The van der Waals surface area contributed by atoms with E-state index in [0.717, 1.165) is 16.7 Å². The van der Waals surface area contributed by atoms with Crippen LogP contribution >= 0.6 is 0 Å². The van der Waals surface area contributed by atoms with Gasteiger partial charge in [-0.2, -0.15) is 5.10 Å². The second-order valence-electron chi connectivity index (χ2n) is 2.99. The minimum absolute atomic E-state index is 0.279. The van der Waals surface area contributed by atoms with Crippen LogP contribution in [0.3, 0.4) is 0 Å². The average Bonchev–Trinajstić information content (AvgIpc) is 2.61. The molecule has 0 aliphatic heterocycles. The van der Waals surface area contributed by atoms with E-state index < -0.39 is 0 Å². The largest absolute Gasteiger partial charge is 0.508 e. The van der Waals surface area contributed by atoms with Crippen LogP contribution in [0, 0.1) is 6.92 Å². The van der Waals surface area contributed by atoms with Gasteiger partial charge in [0.25, 0.3) is 0 Å². The summed E-state index contributed by atoms with van der Waals surface area (Å²) >= 11 is 0. The van der Waals surface area contributed by atoms with Gasteiger partial charge in [0.15, 0.2) is 0 Å². The number of hydrogen-bond acceptors (Lipinski definition) is 2. The molecule has 13 heavy (non-hydrogen) atoms. The van der Waals surface area contributed by atoms with Crippen molar-refractivity contribution in [2.24, 2.45) is 0 Å². The zero-order valence-electron chi connectivity index (χ0n) is 7.28. The van der Waals surface area contributed by atoms with Gasteiger partial charge in [-0.15, -0.1) is 0 Å². The summed E-state index contributed by atoms with van der Waals surface area (Å²) < 4.78 is 0. The predicted molar refractivity (Wildman–Crippen MR) is 50.4 cm³/mol. The number of aromatic amines is 1. The van der Waals surface area contributed by atoms with E-state index in [1.54, 1.807) is 18.3 Å². The van der Waals surface area contributed by atoms with Crippen LogP contribution in [0.1, 0.15) is 5.56 Å². The van der Waals surface area contributed by atoms with Crippen LogP contribution in [0.5, 0.6) is 5.75 Å². The number of aromatic hydroxyl groups is 1. The molecule has 2 rings (SSSR count). The minimum atomic E-state index is 0.279. The highest BCUT2D eigenvalue weighted by atomic mass is 16.3. The SMILES string of the molecule is Cc1ccc(O)cc1-c1cn[nH]c1. The number of benzene rings is 1. The highest BCUT2D eigenvalue weighted by Crippen LogP contribution is 2.25. The monoisotopic (exact) mass is 174 g/mol. The Labute approximate surface area is 76.0 Å². The summed E-state index contributed by atoms with van der Waals surface area (Å²) in [6.45, 7) is 2.00. The molecule has 66 valence electrons. The van der Waals surface area contributed by atoms with E-state index in [0.29, 0.717) is 0 Å². The normalized spacial score (nSPS) is 10.2. The molecular weight excluding hydrogens is 164 g/mol. The molecule has 3 heteroatoms. The molecule has 0 saturated heterocycles. The van der Waals surface area contributed by atoms with E-state index in [1.807, 2.05) is 19.2 Å². The maximum Gasteiger partial charge on any atom is 0.116 e. The molecule has 0 spiro atoms. The Balaban J connectivity index is 2.57. The van der Waals surface area contributed by atoms with Crippen LogP contribution in [-0.2, 0) is 0 Å². The first-order chi connectivity index (χ1) is 6.27. The van der Waals surface area contributed by atoms with Gasteiger partial charge in [0.05, 0.1) is 6.20 Å². The van der Waals surface area contributed by atoms with E-state index in [9.17, 15) is 5.11 Å². The number of aryl methyl sites for hydroxylation is 1. The first kappa shape index (κ1) is 7.86. The van der Waals surface area contributed by atoms with Crippen molar-refractivity contribution in [1.82, 2.24) is 10.2 Å². The summed E-state index contributed by atoms with van der Waals surface area (Å²) in [6, 6.07) is 5.30. The lowest BCUT2D eigenvalue weighted by molar-refractivity contribution is 0.475. The molecule has 0 bridgehead atoms. The first-order valence-corrected chi connectivity index (χ1v) is 4.06. The minimum Gasteiger partial charge on any atom is -0.508 e. The van der Waals surface area contributed by atoms with Crippen molar-refractivity contribution in [1.29, 1.82) is 0 Å². The molecular formula is C10H10N2O. The smallest absolute Gasteiger partial charge is 0.116 e. The third-order valence-corrected chi connectivity index (χ3v) is 2.03. The summed E-state index contributed by atoms with van der Waals surface area (Å²) in [5.74, 6) is 0.279. The van der Waals surface area contributed by atoms with Gasteiger partial charge in [-0.05, 0) is 30.2 Å². The van der Waals surface area contributed by atoms with Crippen molar-refractivity contribution < 1.29 is 5.11 Å². The fraction of sp³-hybridized carbons (Fsp3) is 0.100. The molecule has 1 aromatic heterocycles. The molecule has 0 aliphatic carbocycles. The third kappa shape index (κ3) is 1.40. The van der Waals surface area contributed by atoms with Gasteiger partial charge in [0.1, 0.15) is 5.75 Å². The summed E-state index contributed by atoms with van der Waals surface area (Å²) in [4.78, 5) is 0. The van der Waals surface area contributed by atoms with E-state index in [4.69, 9.17) is 0 Å². The Hall–Kier alpha value is -1.77. The van der Waals surface area contributed by atoms with Gasteiger partial charge >= 0.3 is 0 Å². The van der Waals surface area contributed by atoms with E-state index in [2.05, 4.69) is 10.2 Å². The number of H-pyrrole nitrogens is 1. The van der Waals surface area contributed by atoms with Crippen molar-refractivity contribution in [2.45, 2.75) is 6.92 Å². The van der Waals surface area contributed by atoms with Crippen molar-refractivity contribution in [2.75, 3.05) is 0 Å². The molecule has 1 heterocycles. The van der Waals surface area contributed by atoms with Gasteiger partial charge in [-0.1, -0.05) is 6.07 Å². The quantitative estimate of drug-likeness (QED) is 0.695. The average molecular weight is 174 g/mol. The fourth-order valence-corrected chi connectivity index (χ4v) is 1.32. The Morgan fingerprint density at radius 1 is 1.38 bits per heavy atom. The second-order valence-corrected chi connectivity index (χ2v) is 2.99. The molecule has 0 radical (unpaired) electrons. The fourth-order valence-electron chi connectivity index (χ4n) is 1.32. The number of nitrogens with zero attached hydrogens (tertiary/aromatic N) is 1. The molecule has 0 saturated carbocycles. The highest BCUT2D eigenvalue weighted by molar-refractivity contribution is 5.67. The molecule has 2 aromatic rings. The van der Waals surface area contributed by atoms with E-state index in [-0.39, 0.29) is 5.75 Å². The predicted octanol–water partition coefficient (Wildman–Crippen LogP) is 2.09. The number of hydrogen-bond donors (Lipinski definition) is 2. The Kier molecular flexibility index (Phi) is 1.77. The molecule has 2 N–H and O–H groups in total. The molecule has 0 fully saturated rings. The van der Waals surface area contributed by atoms with Crippen molar-refractivity contribution >= 4 is 0 Å². The van der Waals surface area contributed by atoms with Gasteiger partial charge in [0.2, 0.25) is 0 Å². The summed E-state index contributed by atoms with van der Waals surface area (Å²) in [7, 11) is 0. The van der Waals surface area contributed by atoms with Crippen LogP contribution < -0.4 is 0 Å². The van der Waals surface area contributed by atoms with Gasteiger partial charge in [-0.25, -0.2) is 0 Å². The zero-order chi connectivity index (χ0) is 9.26. The van der Waals surface area contributed by atoms with E-state index in [1.165, 1.54) is 0 Å². The van der Waals surface area contributed by atoms with Crippen LogP contribution in [-0.4, -0.2) is 15.3 Å². The van der Waals surface area contributed by atoms with Crippen LogP contribution in [0.2, 0.25) is 0 Å².